The first kappa shape index (κ1) is 21.9. The summed E-state index contributed by atoms with van der Waals surface area (Å²) in [6.45, 7) is 5.95. The van der Waals surface area contributed by atoms with E-state index < -0.39 is 0 Å². The summed E-state index contributed by atoms with van der Waals surface area (Å²) >= 11 is 4.83. The van der Waals surface area contributed by atoms with Crippen LogP contribution in [-0.4, -0.2) is 48.4 Å². The van der Waals surface area contributed by atoms with Gasteiger partial charge in [-0.3, -0.25) is 0 Å². The van der Waals surface area contributed by atoms with Gasteiger partial charge >= 0.3 is 0 Å². The largest absolute Gasteiger partial charge is 0.395 e. The molecule has 0 heterocycles. The second-order valence-electron chi connectivity index (χ2n) is 5.06. The lowest BCUT2D eigenvalue weighted by Crippen LogP contribution is -2.78. The number of rotatable bonds is 13. The van der Waals surface area contributed by atoms with Crippen LogP contribution in [0.4, 0.5) is 11.4 Å². The molecule has 0 fully saturated rings. The number of aliphatic hydroxyl groups excluding tert-OH is 2. The van der Waals surface area contributed by atoms with Crippen LogP contribution in [0, 0.1) is 0 Å². The van der Waals surface area contributed by atoms with Gasteiger partial charge in [-0.05, 0) is 24.3 Å². The van der Waals surface area contributed by atoms with E-state index in [2.05, 4.69) is 38.1 Å². The molecule has 0 saturated carbocycles. The number of aliphatic hydroxyl groups is 2. The molecule has 0 atom stereocenters. The fraction of sp³-hybridized carbons (Fsp3) is 0.412. The molecule has 0 amide bonds. The van der Waals surface area contributed by atoms with E-state index in [1.54, 1.807) is 0 Å². The van der Waals surface area contributed by atoms with Crippen molar-refractivity contribution in [1.29, 1.82) is 0 Å². The Morgan fingerprint density at radius 2 is 1.92 bits per heavy atom. The van der Waals surface area contributed by atoms with E-state index >= 15 is 0 Å². The number of hydrogen-bond acceptors (Lipinski definition) is 6. The molecule has 25 heavy (non-hydrogen) atoms. The zero-order valence-electron chi connectivity index (χ0n) is 14.2. The Balaban J connectivity index is 2.47. The molecule has 0 aliphatic rings. The summed E-state index contributed by atoms with van der Waals surface area (Å²) in [4.78, 5) is 1.91. The molecule has 1 rings (SSSR count). The number of nitrogens with two attached hydrogens (primary N) is 1. The summed E-state index contributed by atoms with van der Waals surface area (Å²) in [5.74, 6) is 0. The molecule has 0 spiro atoms. The Morgan fingerprint density at radius 3 is 2.52 bits per heavy atom. The zero-order chi connectivity index (χ0) is 18.3. The van der Waals surface area contributed by atoms with E-state index in [0.29, 0.717) is 18.1 Å². The maximum Gasteiger partial charge on any atom is 0.116 e. The lowest BCUT2D eigenvalue weighted by molar-refractivity contribution is -0.587. The second kappa shape index (κ2) is 14.0. The van der Waals surface area contributed by atoms with Gasteiger partial charge in [-0.1, -0.05) is 34.3 Å². The van der Waals surface area contributed by atoms with Crippen molar-refractivity contribution in [3.05, 3.63) is 47.5 Å². The van der Waals surface area contributed by atoms with Gasteiger partial charge in [0.2, 0.25) is 0 Å². The molecule has 0 unspecified atom stereocenters. The van der Waals surface area contributed by atoms with Gasteiger partial charge in [0.1, 0.15) is 5.03 Å². The molecule has 1 aromatic carbocycles. The monoisotopic (exact) mass is 429 g/mol. The highest BCUT2D eigenvalue weighted by molar-refractivity contribution is 9.09. The average Bonchev–Trinajstić information content (AvgIpc) is 2.63. The smallest absolute Gasteiger partial charge is 0.116 e. The minimum absolute atomic E-state index is 0.0412. The Hall–Kier alpha value is -1.19. The SMILES string of the molecule is C=C(N=Nc1ccc(N(CCO)CCO)cc1)S/C=C\[NH2+]CCCBr. The third kappa shape index (κ3) is 9.76. The molecular weight excluding hydrogens is 404 g/mol. The van der Waals surface area contributed by atoms with Crippen molar-refractivity contribution in [3.63, 3.8) is 0 Å². The van der Waals surface area contributed by atoms with Crippen molar-refractivity contribution in [2.45, 2.75) is 6.42 Å². The third-order valence-electron chi connectivity index (χ3n) is 3.15. The molecule has 4 N–H and O–H groups in total. The number of benzene rings is 1. The number of alkyl halides is 1. The van der Waals surface area contributed by atoms with Gasteiger partial charge in [-0.2, -0.15) is 5.11 Å². The molecule has 6 nitrogen and oxygen atoms in total. The summed E-state index contributed by atoms with van der Waals surface area (Å²) < 4.78 is 0. The number of azo groups is 1. The van der Waals surface area contributed by atoms with E-state index in [0.717, 1.165) is 29.7 Å². The van der Waals surface area contributed by atoms with Crippen LogP contribution < -0.4 is 10.2 Å². The van der Waals surface area contributed by atoms with E-state index in [4.69, 9.17) is 10.2 Å². The summed E-state index contributed by atoms with van der Waals surface area (Å²) in [7, 11) is 0. The van der Waals surface area contributed by atoms with Crippen LogP contribution in [0.1, 0.15) is 6.42 Å². The average molecular weight is 430 g/mol. The lowest BCUT2D eigenvalue weighted by Gasteiger charge is -2.22. The van der Waals surface area contributed by atoms with Gasteiger partial charge in [0.25, 0.3) is 0 Å². The normalized spacial score (nSPS) is 11.5. The number of hydrogen-bond donors (Lipinski definition) is 3. The third-order valence-corrected chi connectivity index (χ3v) is 4.36. The predicted octanol–water partition coefficient (Wildman–Crippen LogP) is 2.59. The summed E-state index contributed by atoms with van der Waals surface area (Å²) in [6.07, 6.45) is 3.12. The highest BCUT2D eigenvalue weighted by atomic mass is 79.9. The van der Waals surface area contributed by atoms with Crippen LogP contribution in [0.15, 0.2) is 57.7 Å². The van der Waals surface area contributed by atoms with Crippen LogP contribution in [0.2, 0.25) is 0 Å². The first-order valence-corrected chi connectivity index (χ1v) is 10.1. The van der Waals surface area contributed by atoms with E-state index in [1.807, 2.05) is 40.8 Å². The van der Waals surface area contributed by atoms with Crippen LogP contribution in [-0.2, 0) is 0 Å². The molecule has 0 bridgehead atoms. The molecular formula is C17H26BrN4O2S+. The molecule has 0 saturated heterocycles. The summed E-state index contributed by atoms with van der Waals surface area (Å²) in [5, 5.41) is 32.1. The van der Waals surface area contributed by atoms with Gasteiger partial charge in [0.15, 0.2) is 0 Å². The molecule has 8 heteroatoms. The maximum atomic E-state index is 9.08. The van der Waals surface area contributed by atoms with Crippen LogP contribution >= 0.6 is 27.7 Å². The molecule has 0 aliphatic heterocycles. The van der Waals surface area contributed by atoms with E-state index in [-0.39, 0.29) is 13.2 Å². The first-order valence-electron chi connectivity index (χ1n) is 8.09. The van der Waals surface area contributed by atoms with E-state index in [9.17, 15) is 0 Å². The van der Waals surface area contributed by atoms with Gasteiger partial charge in [-0.25, -0.2) is 0 Å². The van der Waals surface area contributed by atoms with Crippen LogP contribution in [0.5, 0.6) is 0 Å². The minimum Gasteiger partial charge on any atom is -0.395 e. The van der Waals surface area contributed by atoms with Gasteiger partial charge in [0.05, 0.1) is 31.6 Å². The summed E-state index contributed by atoms with van der Waals surface area (Å²) in [6, 6.07) is 7.49. The van der Waals surface area contributed by atoms with Gasteiger partial charge < -0.3 is 20.4 Å². The van der Waals surface area contributed by atoms with Crippen molar-refractivity contribution in [2.24, 2.45) is 10.2 Å². The van der Waals surface area contributed by atoms with Crippen molar-refractivity contribution in [3.8, 4) is 0 Å². The van der Waals surface area contributed by atoms with Crippen LogP contribution in [0.25, 0.3) is 0 Å². The lowest BCUT2D eigenvalue weighted by atomic mass is 10.2. The Kier molecular flexibility index (Phi) is 12.3. The predicted molar refractivity (Wildman–Crippen MR) is 108 cm³/mol. The van der Waals surface area contributed by atoms with Gasteiger partial charge in [0, 0.05) is 35.9 Å². The highest BCUT2D eigenvalue weighted by Gasteiger charge is 2.04. The van der Waals surface area contributed by atoms with Crippen molar-refractivity contribution < 1.29 is 15.5 Å². The van der Waals surface area contributed by atoms with Gasteiger partial charge in [-0.15, -0.1) is 5.11 Å². The molecule has 1 aromatic rings. The maximum absolute atomic E-state index is 9.08. The van der Waals surface area contributed by atoms with Crippen molar-refractivity contribution >= 4 is 39.1 Å². The standard InChI is InChI=1S/C17H25BrN4O2S/c1-15(25-14-9-19-8-2-7-18)20-21-16-3-5-17(6-4-16)22(10-12-23)11-13-24/h3-6,9,14,19,23-24H,1-2,7-8,10-13H2/p+1/b14-9-,21-20?. The highest BCUT2D eigenvalue weighted by Crippen LogP contribution is 2.22. The molecule has 0 radical (unpaired) electrons. The quantitative estimate of drug-likeness (QED) is 0.255. The molecule has 0 aromatic heterocycles. The Morgan fingerprint density at radius 1 is 1.24 bits per heavy atom. The van der Waals surface area contributed by atoms with Crippen molar-refractivity contribution in [2.75, 3.05) is 43.1 Å². The number of quaternary nitrogens is 1. The first-order chi connectivity index (χ1) is 12.2. The topological polar surface area (TPSA) is 85.0 Å². The second-order valence-corrected chi connectivity index (χ2v) is 6.83. The van der Waals surface area contributed by atoms with E-state index in [1.165, 1.54) is 11.8 Å². The number of anilines is 1. The fourth-order valence-electron chi connectivity index (χ4n) is 1.94. The zero-order valence-corrected chi connectivity index (χ0v) is 16.6. The summed E-state index contributed by atoms with van der Waals surface area (Å²) in [5.41, 5.74) is 1.66. The molecule has 138 valence electrons. The number of halogens is 1. The number of thioether (sulfide) groups is 1. The Bertz CT molecular complexity index is 546. The Labute approximate surface area is 161 Å². The molecule has 0 aliphatic carbocycles. The minimum atomic E-state index is 0.0412. The fourth-order valence-corrected chi connectivity index (χ4v) is 2.70. The van der Waals surface area contributed by atoms with Crippen LogP contribution in [0.3, 0.4) is 0 Å². The van der Waals surface area contributed by atoms with Crippen molar-refractivity contribution in [1.82, 2.24) is 0 Å². The number of nitrogens with zero attached hydrogens (tertiary/aromatic N) is 3.